The van der Waals surface area contributed by atoms with E-state index in [1.165, 1.54) is 0 Å². The Morgan fingerprint density at radius 1 is 1.23 bits per heavy atom. The van der Waals surface area contributed by atoms with Crippen molar-refractivity contribution in [3.8, 4) is 5.75 Å². The summed E-state index contributed by atoms with van der Waals surface area (Å²) in [7, 11) is -1.77. The molecule has 1 aromatic heterocycles. The molecule has 2 aromatic rings. The molecule has 0 aliphatic carbocycles. The topological polar surface area (TPSA) is 65.5 Å². The Kier molecular flexibility index (Phi) is 1.96. The Morgan fingerprint density at radius 3 is 2.85 bits per heavy atom. The minimum atomic E-state index is -1.77. The molecule has 5 heteroatoms. The van der Waals surface area contributed by atoms with E-state index in [0.29, 0.717) is 5.75 Å². The minimum Gasteiger partial charge on any atom is -0.512 e. The summed E-state index contributed by atoms with van der Waals surface area (Å²) in [6.45, 7) is 0. The fraction of sp³-hybridized carbons (Fsp3) is 0. The summed E-state index contributed by atoms with van der Waals surface area (Å²) < 4.78 is 4.69. The third kappa shape index (κ3) is 1.66. The molecule has 0 aliphatic heterocycles. The van der Waals surface area contributed by atoms with Crippen LogP contribution in [0.25, 0.3) is 10.9 Å². The van der Waals surface area contributed by atoms with E-state index in [4.69, 9.17) is 10.0 Å². The van der Waals surface area contributed by atoms with Crippen molar-refractivity contribution in [2.75, 3.05) is 0 Å². The van der Waals surface area contributed by atoms with Gasteiger partial charge in [-0.2, -0.15) is 0 Å². The quantitative estimate of drug-likeness (QED) is 0.585. The first-order chi connectivity index (χ1) is 6.25. The molecule has 0 atom stereocenters. The van der Waals surface area contributed by atoms with Crippen LogP contribution >= 0.6 is 0 Å². The van der Waals surface area contributed by atoms with Crippen molar-refractivity contribution in [2.24, 2.45) is 0 Å². The number of hydrogen-bond donors (Lipinski definition) is 3. The lowest BCUT2D eigenvalue weighted by molar-refractivity contribution is 0.288. The molecule has 0 radical (unpaired) electrons. The lowest BCUT2D eigenvalue weighted by atomic mass is 10.2. The molecule has 0 fully saturated rings. The van der Waals surface area contributed by atoms with Gasteiger partial charge in [0, 0.05) is 17.1 Å². The van der Waals surface area contributed by atoms with Gasteiger partial charge in [0.2, 0.25) is 0 Å². The smallest absolute Gasteiger partial charge is 0.512 e. The number of H-pyrrole nitrogens is 1. The molecular formula is C8H8BNO3. The van der Waals surface area contributed by atoms with Crippen LogP contribution in [0.15, 0.2) is 30.5 Å². The molecule has 0 aliphatic rings. The highest BCUT2D eigenvalue weighted by Gasteiger charge is 2.10. The minimum absolute atomic E-state index is 0.433. The molecule has 1 heterocycles. The summed E-state index contributed by atoms with van der Waals surface area (Å²) in [5, 5.41) is 18.1. The summed E-state index contributed by atoms with van der Waals surface area (Å²) in [5.41, 5.74) is 0.986. The molecule has 13 heavy (non-hydrogen) atoms. The molecule has 3 N–H and O–H groups in total. The van der Waals surface area contributed by atoms with Crippen LogP contribution in [-0.4, -0.2) is 22.4 Å². The lowest BCUT2D eigenvalue weighted by Gasteiger charge is -2.03. The zero-order valence-electron chi connectivity index (χ0n) is 6.77. The van der Waals surface area contributed by atoms with Gasteiger partial charge < -0.3 is 19.7 Å². The van der Waals surface area contributed by atoms with Crippen LogP contribution in [0.1, 0.15) is 0 Å². The third-order valence-corrected chi connectivity index (χ3v) is 1.77. The molecule has 66 valence electrons. The zero-order valence-corrected chi connectivity index (χ0v) is 6.77. The SMILES string of the molecule is OB(O)Oc1ccc2[nH]ccc2c1. The van der Waals surface area contributed by atoms with Crippen molar-refractivity contribution in [3.63, 3.8) is 0 Å². The summed E-state index contributed by atoms with van der Waals surface area (Å²) >= 11 is 0. The Morgan fingerprint density at radius 2 is 2.08 bits per heavy atom. The maximum Gasteiger partial charge on any atom is 0.707 e. The van der Waals surface area contributed by atoms with Crippen LogP contribution in [-0.2, 0) is 0 Å². The van der Waals surface area contributed by atoms with E-state index in [9.17, 15) is 0 Å². The Hall–Kier alpha value is -1.46. The van der Waals surface area contributed by atoms with Crippen molar-refractivity contribution in [1.82, 2.24) is 4.98 Å². The highest BCUT2D eigenvalue weighted by atomic mass is 16.6. The largest absolute Gasteiger partial charge is 0.707 e. The van der Waals surface area contributed by atoms with Crippen LogP contribution in [0.4, 0.5) is 0 Å². The van der Waals surface area contributed by atoms with Crippen LogP contribution in [0.5, 0.6) is 5.75 Å². The second-order valence-electron chi connectivity index (χ2n) is 2.67. The average Bonchev–Trinajstić information content (AvgIpc) is 2.49. The van der Waals surface area contributed by atoms with E-state index in [0.717, 1.165) is 10.9 Å². The predicted molar refractivity (Wildman–Crippen MR) is 49.1 cm³/mol. The first-order valence-electron chi connectivity index (χ1n) is 3.85. The average molecular weight is 177 g/mol. The number of fused-ring (bicyclic) bond motifs is 1. The Bertz CT molecular complexity index is 412. The zero-order chi connectivity index (χ0) is 9.26. The Balaban J connectivity index is 2.37. The number of hydrogen-bond acceptors (Lipinski definition) is 3. The first-order valence-corrected chi connectivity index (χ1v) is 3.85. The molecule has 0 saturated heterocycles. The van der Waals surface area contributed by atoms with Crippen LogP contribution in [0.2, 0.25) is 0 Å². The van der Waals surface area contributed by atoms with Crippen LogP contribution in [0.3, 0.4) is 0 Å². The van der Waals surface area contributed by atoms with Gasteiger partial charge in [-0.15, -0.1) is 0 Å². The van der Waals surface area contributed by atoms with Gasteiger partial charge in [-0.05, 0) is 24.3 Å². The van der Waals surface area contributed by atoms with Gasteiger partial charge in [0.15, 0.2) is 0 Å². The van der Waals surface area contributed by atoms with Gasteiger partial charge in [0.1, 0.15) is 5.75 Å². The van der Waals surface area contributed by atoms with Crippen molar-refractivity contribution in [2.45, 2.75) is 0 Å². The molecular weight excluding hydrogens is 169 g/mol. The fourth-order valence-electron chi connectivity index (χ4n) is 1.23. The molecule has 0 saturated carbocycles. The monoisotopic (exact) mass is 177 g/mol. The number of benzene rings is 1. The normalized spacial score (nSPS) is 10.3. The van der Waals surface area contributed by atoms with Crippen molar-refractivity contribution in [1.29, 1.82) is 0 Å². The first kappa shape index (κ1) is 8.16. The summed E-state index contributed by atoms with van der Waals surface area (Å²) in [5.74, 6) is 0.433. The van der Waals surface area contributed by atoms with Gasteiger partial charge in [-0.1, -0.05) is 0 Å². The second kappa shape index (κ2) is 3.12. The van der Waals surface area contributed by atoms with Gasteiger partial charge in [-0.25, -0.2) is 0 Å². The van der Waals surface area contributed by atoms with E-state index in [1.807, 2.05) is 18.3 Å². The predicted octanol–water partition coefficient (Wildman–Crippen LogP) is 0.516. The summed E-state index contributed by atoms with van der Waals surface area (Å²) in [6, 6.07) is 7.09. The van der Waals surface area contributed by atoms with Gasteiger partial charge in [0.25, 0.3) is 0 Å². The molecule has 4 nitrogen and oxygen atoms in total. The number of aromatic nitrogens is 1. The van der Waals surface area contributed by atoms with Crippen LogP contribution in [0, 0.1) is 0 Å². The van der Waals surface area contributed by atoms with E-state index in [2.05, 4.69) is 9.64 Å². The molecule has 0 bridgehead atoms. The number of aromatic amines is 1. The van der Waals surface area contributed by atoms with Gasteiger partial charge in [-0.3, -0.25) is 0 Å². The maximum atomic E-state index is 8.55. The standard InChI is InChI=1S/C8H8BNO3/c11-9(12)13-7-1-2-8-6(5-7)3-4-10-8/h1-5,10-12H. The fourth-order valence-corrected chi connectivity index (χ4v) is 1.23. The molecule has 0 unspecified atom stereocenters. The molecule has 0 spiro atoms. The number of nitrogens with one attached hydrogen (secondary N) is 1. The van der Waals surface area contributed by atoms with E-state index >= 15 is 0 Å². The van der Waals surface area contributed by atoms with E-state index in [-0.39, 0.29) is 0 Å². The lowest BCUT2D eigenvalue weighted by Crippen LogP contribution is -2.20. The molecule has 0 amide bonds. The highest BCUT2D eigenvalue weighted by molar-refractivity contribution is 6.33. The van der Waals surface area contributed by atoms with E-state index < -0.39 is 7.32 Å². The van der Waals surface area contributed by atoms with Gasteiger partial charge in [0.05, 0.1) is 0 Å². The summed E-state index contributed by atoms with van der Waals surface area (Å²) in [6.07, 6.45) is 1.81. The van der Waals surface area contributed by atoms with Crippen molar-refractivity contribution in [3.05, 3.63) is 30.5 Å². The van der Waals surface area contributed by atoms with Crippen LogP contribution < -0.4 is 4.65 Å². The Labute approximate surface area is 75.0 Å². The summed E-state index contributed by atoms with van der Waals surface area (Å²) in [4.78, 5) is 3.02. The third-order valence-electron chi connectivity index (χ3n) is 1.77. The van der Waals surface area contributed by atoms with Gasteiger partial charge >= 0.3 is 7.32 Å². The molecule has 1 aromatic carbocycles. The molecule has 2 rings (SSSR count). The highest BCUT2D eigenvalue weighted by Crippen LogP contribution is 2.19. The van der Waals surface area contributed by atoms with Crippen molar-refractivity contribution >= 4 is 18.2 Å². The number of rotatable bonds is 2. The maximum absolute atomic E-state index is 8.55. The van der Waals surface area contributed by atoms with E-state index in [1.54, 1.807) is 12.1 Å². The second-order valence-corrected chi connectivity index (χ2v) is 2.67. The van der Waals surface area contributed by atoms with Crippen molar-refractivity contribution < 1.29 is 14.7 Å².